The lowest BCUT2D eigenvalue weighted by atomic mass is 10.1. The Labute approximate surface area is 163 Å². The molecule has 2 aromatic rings. The Morgan fingerprint density at radius 1 is 0.800 bits per heavy atom. The van der Waals surface area contributed by atoms with Gasteiger partial charge in [-0.15, -0.1) is 24.8 Å². The minimum Gasteiger partial charge on any atom is -0.390 e. The molecule has 138 valence electrons. The zero-order valence-corrected chi connectivity index (χ0v) is 16.1. The van der Waals surface area contributed by atoms with Crippen LogP contribution in [0.1, 0.15) is 19.3 Å². The molecule has 0 amide bonds. The number of aliphatic hydroxyl groups is 1. The number of nitrogens with zero attached hydrogens (tertiary/aromatic N) is 2. The molecule has 0 aromatic heterocycles. The summed E-state index contributed by atoms with van der Waals surface area (Å²) in [4.78, 5) is 4.59. The minimum atomic E-state index is -0.353. The van der Waals surface area contributed by atoms with Gasteiger partial charge in [0.1, 0.15) is 0 Å². The van der Waals surface area contributed by atoms with Crippen molar-refractivity contribution in [1.29, 1.82) is 0 Å². The van der Waals surface area contributed by atoms with Gasteiger partial charge in [-0.2, -0.15) is 0 Å². The zero-order valence-electron chi connectivity index (χ0n) is 14.5. The Bertz CT molecular complexity index is 537. The van der Waals surface area contributed by atoms with E-state index in [9.17, 15) is 5.11 Å². The molecule has 5 heteroatoms. The Morgan fingerprint density at radius 3 is 1.76 bits per heavy atom. The summed E-state index contributed by atoms with van der Waals surface area (Å²) < 4.78 is 0. The van der Waals surface area contributed by atoms with Gasteiger partial charge in [0.2, 0.25) is 0 Å². The van der Waals surface area contributed by atoms with Gasteiger partial charge in [0.05, 0.1) is 12.6 Å². The fourth-order valence-electron chi connectivity index (χ4n) is 3.28. The van der Waals surface area contributed by atoms with Crippen LogP contribution in [0.15, 0.2) is 60.7 Å². The molecule has 0 radical (unpaired) electrons. The van der Waals surface area contributed by atoms with Crippen molar-refractivity contribution >= 4 is 36.2 Å². The largest absolute Gasteiger partial charge is 0.390 e. The summed E-state index contributed by atoms with van der Waals surface area (Å²) in [5.74, 6) is 0. The van der Waals surface area contributed by atoms with E-state index in [0.29, 0.717) is 6.54 Å². The van der Waals surface area contributed by atoms with E-state index in [1.807, 2.05) is 36.4 Å². The second-order valence-corrected chi connectivity index (χ2v) is 6.30. The Kier molecular flexibility index (Phi) is 9.91. The molecule has 2 aromatic carbocycles. The first-order valence-electron chi connectivity index (χ1n) is 8.61. The van der Waals surface area contributed by atoms with Gasteiger partial charge in [0, 0.05) is 17.9 Å². The Morgan fingerprint density at radius 2 is 1.28 bits per heavy atom. The van der Waals surface area contributed by atoms with E-state index in [4.69, 9.17) is 0 Å². The van der Waals surface area contributed by atoms with Crippen molar-refractivity contribution in [3.8, 4) is 0 Å². The quantitative estimate of drug-likeness (QED) is 0.795. The van der Waals surface area contributed by atoms with Crippen LogP contribution >= 0.6 is 24.8 Å². The smallest absolute Gasteiger partial charge is 0.0845 e. The number of hydrogen-bond donors (Lipinski definition) is 1. The van der Waals surface area contributed by atoms with Gasteiger partial charge in [0.15, 0.2) is 0 Å². The zero-order chi connectivity index (χ0) is 15.9. The lowest BCUT2D eigenvalue weighted by Gasteiger charge is -2.32. The van der Waals surface area contributed by atoms with Crippen LogP contribution in [0.3, 0.4) is 0 Å². The van der Waals surface area contributed by atoms with Crippen molar-refractivity contribution < 1.29 is 5.11 Å². The highest BCUT2D eigenvalue weighted by atomic mass is 35.5. The van der Waals surface area contributed by atoms with E-state index in [1.54, 1.807) is 0 Å². The first kappa shape index (κ1) is 21.8. The van der Waals surface area contributed by atoms with Crippen molar-refractivity contribution in [1.82, 2.24) is 4.90 Å². The van der Waals surface area contributed by atoms with Gasteiger partial charge in [-0.05, 0) is 50.2 Å². The molecule has 1 unspecified atom stereocenters. The minimum absolute atomic E-state index is 0. The SMILES string of the molecule is Cl.Cl.OC(CN1CCCCC1)CN(c1ccccc1)c1ccccc1. The number of aliphatic hydroxyl groups excluding tert-OH is 1. The molecule has 3 nitrogen and oxygen atoms in total. The van der Waals surface area contributed by atoms with Crippen LogP contribution in [-0.2, 0) is 0 Å². The maximum absolute atomic E-state index is 10.6. The van der Waals surface area contributed by atoms with Gasteiger partial charge < -0.3 is 14.9 Å². The highest BCUT2D eigenvalue weighted by Gasteiger charge is 2.18. The molecular weight excluding hydrogens is 355 g/mol. The van der Waals surface area contributed by atoms with Crippen molar-refractivity contribution in [3.63, 3.8) is 0 Å². The second-order valence-electron chi connectivity index (χ2n) is 6.30. The molecule has 1 fully saturated rings. The maximum atomic E-state index is 10.6. The van der Waals surface area contributed by atoms with E-state index in [0.717, 1.165) is 31.0 Å². The van der Waals surface area contributed by atoms with Crippen LogP contribution in [0.2, 0.25) is 0 Å². The van der Waals surface area contributed by atoms with Crippen molar-refractivity contribution in [2.45, 2.75) is 25.4 Å². The predicted molar refractivity (Wildman–Crippen MR) is 111 cm³/mol. The van der Waals surface area contributed by atoms with Crippen LogP contribution < -0.4 is 4.90 Å². The summed E-state index contributed by atoms with van der Waals surface area (Å²) in [6.07, 6.45) is 3.49. The normalized spacial score (nSPS) is 15.6. The predicted octanol–water partition coefficient (Wildman–Crippen LogP) is 4.52. The molecule has 1 heterocycles. The number of β-amino-alcohol motifs (C(OH)–C–C–N with tert-alkyl or cyclic N) is 1. The first-order valence-corrected chi connectivity index (χ1v) is 8.61. The molecule has 1 saturated heterocycles. The van der Waals surface area contributed by atoms with Crippen molar-refractivity contribution in [2.24, 2.45) is 0 Å². The van der Waals surface area contributed by atoms with Gasteiger partial charge in [0.25, 0.3) is 0 Å². The van der Waals surface area contributed by atoms with E-state index in [1.165, 1.54) is 19.3 Å². The maximum Gasteiger partial charge on any atom is 0.0845 e. The fourth-order valence-corrected chi connectivity index (χ4v) is 3.28. The van der Waals surface area contributed by atoms with Crippen LogP contribution in [0.25, 0.3) is 0 Å². The van der Waals surface area contributed by atoms with E-state index < -0.39 is 0 Å². The summed E-state index contributed by atoms with van der Waals surface area (Å²) in [6, 6.07) is 20.6. The molecule has 0 aliphatic carbocycles. The molecule has 1 atom stereocenters. The summed E-state index contributed by atoms with van der Waals surface area (Å²) in [5, 5.41) is 10.6. The lowest BCUT2D eigenvalue weighted by Crippen LogP contribution is -2.41. The number of likely N-dealkylation sites (tertiary alicyclic amines) is 1. The Balaban J connectivity index is 0.00000156. The van der Waals surface area contributed by atoms with E-state index >= 15 is 0 Å². The summed E-state index contributed by atoms with van der Waals surface area (Å²) in [5.41, 5.74) is 2.24. The van der Waals surface area contributed by atoms with E-state index in [-0.39, 0.29) is 30.9 Å². The molecule has 1 N–H and O–H groups in total. The summed E-state index contributed by atoms with van der Waals surface area (Å²) in [7, 11) is 0. The van der Waals surface area contributed by atoms with Crippen LogP contribution in [-0.4, -0.2) is 42.3 Å². The van der Waals surface area contributed by atoms with E-state index in [2.05, 4.69) is 34.1 Å². The van der Waals surface area contributed by atoms with Crippen LogP contribution in [0.4, 0.5) is 11.4 Å². The topological polar surface area (TPSA) is 26.7 Å². The third-order valence-electron chi connectivity index (χ3n) is 4.45. The molecular formula is C20H28Cl2N2O. The average Bonchev–Trinajstić information content (AvgIpc) is 2.62. The molecule has 0 spiro atoms. The van der Waals surface area contributed by atoms with Crippen molar-refractivity contribution in [2.75, 3.05) is 31.1 Å². The van der Waals surface area contributed by atoms with Gasteiger partial charge in [-0.25, -0.2) is 0 Å². The Hall–Kier alpha value is -1.26. The lowest BCUT2D eigenvalue weighted by molar-refractivity contribution is 0.107. The molecule has 3 rings (SSSR count). The second kappa shape index (κ2) is 11.4. The summed E-state index contributed by atoms with van der Waals surface area (Å²) in [6.45, 7) is 3.61. The van der Waals surface area contributed by atoms with Gasteiger partial charge >= 0.3 is 0 Å². The molecule has 25 heavy (non-hydrogen) atoms. The third-order valence-corrected chi connectivity index (χ3v) is 4.45. The number of benzene rings is 2. The first-order chi connectivity index (χ1) is 11.3. The number of rotatable bonds is 6. The van der Waals surface area contributed by atoms with Crippen molar-refractivity contribution in [3.05, 3.63) is 60.7 Å². The number of para-hydroxylation sites is 2. The third kappa shape index (κ3) is 6.52. The summed E-state index contributed by atoms with van der Waals surface area (Å²) >= 11 is 0. The number of anilines is 2. The molecule has 0 saturated carbocycles. The monoisotopic (exact) mass is 382 g/mol. The number of hydrogen-bond acceptors (Lipinski definition) is 3. The van der Waals surface area contributed by atoms with Gasteiger partial charge in [-0.1, -0.05) is 42.8 Å². The molecule has 1 aliphatic heterocycles. The average molecular weight is 383 g/mol. The number of halogens is 2. The highest BCUT2D eigenvalue weighted by molar-refractivity contribution is 5.85. The molecule has 0 bridgehead atoms. The fraction of sp³-hybridized carbons (Fsp3) is 0.400. The highest BCUT2D eigenvalue weighted by Crippen LogP contribution is 2.25. The number of piperidine rings is 1. The van der Waals surface area contributed by atoms with Crippen LogP contribution in [0, 0.1) is 0 Å². The molecule has 1 aliphatic rings. The van der Waals surface area contributed by atoms with Gasteiger partial charge in [-0.3, -0.25) is 0 Å². The standard InChI is InChI=1S/C20H26N2O.2ClH/c23-20(16-21-14-8-3-9-15-21)17-22(18-10-4-1-5-11-18)19-12-6-2-7-13-19;;/h1-2,4-7,10-13,20,23H,3,8-9,14-17H2;2*1H. The van der Waals surface area contributed by atoms with Crippen LogP contribution in [0.5, 0.6) is 0 Å².